The van der Waals surface area contributed by atoms with Crippen molar-refractivity contribution in [3.63, 3.8) is 0 Å². The summed E-state index contributed by atoms with van der Waals surface area (Å²) in [6.07, 6.45) is 3.28. The highest BCUT2D eigenvalue weighted by Crippen LogP contribution is 2.09. The van der Waals surface area contributed by atoms with E-state index in [0.29, 0.717) is 6.54 Å². The van der Waals surface area contributed by atoms with Crippen molar-refractivity contribution in [2.75, 3.05) is 0 Å². The Bertz CT molecular complexity index is 772. The van der Waals surface area contributed by atoms with Crippen LogP contribution in [0.25, 0.3) is 11.0 Å². The molecule has 0 aliphatic carbocycles. The van der Waals surface area contributed by atoms with E-state index in [1.165, 1.54) is 6.20 Å². The van der Waals surface area contributed by atoms with Crippen LogP contribution in [0.4, 0.5) is 0 Å². The first-order valence-corrected chi connectivity index (χ1v) is 6.25. The molecule has 5 heteroatoms. The highest BCUT2D eigenvalue weighted by atomic mass is 16.1. The van der Waals surface area contributed by atoms with Crippen molar-refractivity contribution in [1.82, 2.24) is 19.3 Å². The van der Waals surface area contributed by atoms with Gasteiger partial charge in [-0.2, -0.15) is 5.10 Å². The zero-order chi connectivity index (χ0) is 13.2. The van der Waals surface area contributed by atoms with Crippen LogP contribution in [0.15, 0.2) is 47.5 Å². The summed E-state index contributed by atoms with van der Waals surface area (Å²) < 4.78 is 3.55. The van der Waals surface area contributed by atoms with Crippen molar-refractivity contribution in [3.05, 3.63) is 58.8 Å². The van der Waals surface area contributed by atoms with Crippen LogP contribution in [0.5, 0.6) is 0 Å². The van der Waals surface area contributed by atoms with Gasteiger partial charge in [0.2, 0.25) is 0 Å². The third kappa shape index (κ3) is 2.14. The standard InChI is InChI=1S/C14H14N4O/c1-2-17-8-7-11(16-17)10-18-13-6-4-3-5-12(13)15-9-14(18)19/h3-9H,2,10H2,1H3. The van der Waals surface area contributed by atoms with Crippen LogP contribution in [0, 0.1) is 0 Å². The van der Waals surface area contributed by atoms with Gasteiger partial charge in [-0.1, -0.05) is 12.1 Å². The molecule has 2 heterocycles. The molecule has 2 aromatic heterocycles. The van der Waals surface area contributed by atoms with E-state index in [1.54, 1.807) is 4.57 Å². The average Bonchev–Trinajstić information content (AvgIpc) is 2.90. The molecule has 5 nitrogen and oxygen atoms in total. The van der Waals surface area contributed by atoms with E-state index in [4.69, 9.17) is 0 Å². The van der Waals surface area contributed by atoms with Crippen LogP contribution in [-0.2, 0) is 13.1 Å². The lowest BCUT2D eigenvalue weighted by Gasteiger charge is -2.07. The molecule has 0 fully saturated rings. The van der Waals surface area contributed by atoms with Crippen LogP contribution < -0.4 is 5.56 Å². The maximum absolute atomic E-state index is 12.0. The summed E-state index contributed by atoms with van der Waals surface area (Å²) in [5.74, 6) is 0. The molecular weight excluding hydrogens is 240 g/mol. The normalized spacial score (nSPS) is 11.0. The van der Waals surface area contributed by atoms with Crippen LogP contribution >= 0.6 is 0 Å². The smallest absolute Gasteiger partial charge is 0.269 e. The van der Waals surface area contributed by atoms with Gasteiger partial charge >= 0.3 is 0 Å². The first kappa shape index (κ1) is 11.6. The second-order valence-corrected chi connectivity index (χ2v) is 4.33. The van der Waals surface area contributed by atoms with Gasteiger partial charge in [0.15, 0.2) is 0 Å². The first-order chi connectivity index (χ1) is 9.28. The topological polar surface area (TPSA) is 52.7 Å². The molecule has 0 unspecified atom stereocenters. The number of para-hydroxylation sites is 2. The van der Waals surface area contributed by atoms with Gasteiger partial charge in [0.25, 0.3) is 5.56 Å². The predicted molar refractivity (Wildman–Crippen MR) is 73.0 cm³/mol. The number of nitrogens with zero attached hydrogens (tertiary/aromatic N) is 4. The fraction of sp³-hybridized carbons (Fsp3) is 0.214. The van der Waals surface area contributed by atoms with Gasteiger partial charge in [0, 0.05) is 12.7 Å². The summed E-state index contributed by atoms with van der Waals surface area (Å²) in [5, 5.41) is 4.41. The Labute approximate surface area is 110 Å². The van der Waals surface area contributed by atoms with Crippen molar-refractivity contribution in [2.24, 2.45) is 0 Å². The summed E-state index contributed by atoms with van der Waals surface area (Å²) in [6.45, 7) is 3.33. The van der Waals surface area contributed by atoms with Crippen LogP contribution in [0.1, 0.15) is 12.6 Å². The molecule has 0 bridgehead atoms. The van der Waals surface area contributed by atoms with E-state index in [1.807, 2.05) is 48.1 Å². The van der Waals surface area contributed by atoms with Crippen molar-refractivity contribution < 1.29 is 0 Å². The minimum Gasteiger partial charge on any atom is -0.299 e. The highest BCUT2D eigenvalue weighted by Gasteiger charge is 2.06. The lowest BCUT2D eigenvalue weighted by Crippen LogP contribution is -2.21. The van der Waals surface area contributed by atoms with Gasteiger partial charge in [-0.15, -0.1) is 0 Å². The Kier molecular flexibility index (Phi) is 2.87. The maximum Gasteiger partial charge on any atom is 0.269 e. The predicted octanol–water partition coefficient (Wildman–Crippen LogP) is 1.66. The summed E-state index contributed by atoms with van der Waals surface area (Å²) in [5.41, 5.74) is 2.42. The third-order valence-electron chi connectivity index (χ3n) is 3.09. The van der Waals surface area contributed by atoms with Crippen LogP contribution in [0.2, 0.25) is 0 Å². The molecule has 0 saturated heterocycles. The van der Waals surface area contributed by atoms with E-state index in [2.05, 4.69) is 10.1 Å². The Morgan fingerprint density at radius 3 is 2.84 bits per heavy atom. The van der Waals surface area contributed by atoms with Crippen LogP contribution in [0.3, 0.4) is 0 Å². The maximum atomic E-state index is 12.0. The van der Waals surface area contributed by atoms with Gasteiger partial charge in [-0.25, -0.2) is 4.98 Å². The molecule has 0 spiro atoms. The zero-order valence-electron chi connectivity index (χ0n) is 10.7. The number of benzene rings is 1. The minimum absolute atomic E-state index is 0.107. The molecule has 19 heavy (non-hydrogen) atoms. The summed E-state index contributed by atoms with van der Waals surface area (Å²) in [6, 6.07) is 9.56. The quantitative estimate of drug-likeness (QED) is 0.714. The lowest BCUT2D eigenvalue weighted by molar-refractivity contribution is 0.635. The molecule has 0 aliphatic rings. The third-order valence-corrected chi connectivity index (χ3v) is 3.09. The SMILES string of the molecule is CCn1ccc(Cn2c(=O)cnc3ccccc32)n1. The zero-order valence-corrected chi connectivity index (χ0v) is 10.7. The van der Waals surface area contributed by atoms with E-state index in [-0.39, 0.29) is 5.56 Å². The molecule has 3 aromatic rings. The monoisotopic (exact) mass is 254 g/mol. The minimum atomic E-state index is -0.107. The number of fused-ring (bicyclic) bond motifs is 1. The summed E-state index contributed by atoms with van der Waals surface area (Å²) in [4.78, 5) is 16.1. The Morgan fingerprint density at radius 1 is 1.21 bits per heavy atom. The van der Waals surface area contributed by atoms with Crippen LogP contribution in [-0.4, -0.2) is 19.3 Å². The van der Waals surface area contributed by atoms with Gasteiger partial charge in [0.05, 0.1) is 29.5 Å². The summed E-state index contributed by atoms with van der Waals surface area (Å²) >= 11 is 0. The van der Waals surface area contributed by atoms with Gasteiger partial charge in [0.1, 0.15) is 0 Å². The molecular formula is C14H14N4O. The summed E-state index contributed by atoms with van der Waals surface area (Å²) in [7, 11) is 0. The number of aryl methyl sites for hydroxylation is 1. The Balaban J connectivity index is 2.09. The first-order valence-electron chi connectivity index (χ1n) is 6.25. The number of aromatic nitrogens is 4. The molecule has 0 atom stereocenters. The van der Waals surface area contributed by atoms with E-state index < -0.39 is 0 Å². The van der Waals surface area contributed by atoms with E-state index >= 15 is 0 Å². The number of hydrogen-bond acceptors (Lipinski definition) is 3. The fourth-order valence-electron chi connectivity index (χ4n) is 2.10. The Morgan fingerprint density at radius 2 is 2.05 bits per heavy atom. The van der Waals surface area contributed by atoms with Gasteiger partial charge in [-0.05, 0) is 25.1 Å². The molecule has 96 valence electrons. The van der Waals surface area contributed by atoms with E-state index in [9.17, 15) is 4.79 Å². The van der Waals surface area contributed by atoms with Crippen molar-refractivity contribution in [2.45, 2.75) is 20.0 Å². The second kappa shape index (κ2) is 4.68. The molecule has 3 rings (SSSR count). The van der Waals surface area contributed by atoms with Crippen molar-refractivity contribution in [3.8, 4) is 0 Å². The highest BCUT2D eigenvalue weighted by molar-refractivity contribution is 5.74. The average molecular weight is 254 g/mol. The Hall–Kier alpha value is -2.43. The van der Waals surface area contributed by atoms with Gasteiger partial charge in [-0.3, -0.25) is 14.0 Å². The molecule has 0 saturated carbocycles. The van der Waals surface area contributed by atoms with Crippen molar-refractivity contribution >= 4 is 11.0 Å². The molecule has 0 aliphatic heterocycles. The molecule has 0 amide bonds. The van der Waals surface area contributed by atoms with Crippen molar-refractivity contribution in [1.29, 1.82) is 0 Å². The number of hydrogen-bond donors (Lipinski definition) is 0. The second-order valence-electron chi connectivity index (χ2n) is 4.33. The molecule has 1 aromatic carbocycles. The van der Waals surface area contributed by atoms with Gasteiger partial charge < -0.3 is 0 Å². The van der Waals surface area contributed by atoms with E-state index in [0.717, 1.165) is 23.3 Å². The number of rotatable bonds is 3. The molecule has 0 radical (unpaired) electrons. The fourth-order valence-corrected chi connectivity index (χ4v) is 2.10. The molecule has 0 N–H and O–H groups in total. The lowest BCUT2D eigenvalue weighted by atomic mass is 10.3. The largest absolute Gasteiger partial charge is 0.299 e.